The maximum Gasteiger partial charge on any atom is 0.469 e. The fraction of sp³-hybridized carbons (Fsp3) is 0.902. The number of nitrogens with one attached hydrogen (secondary N) is 1. The van der Waals surface area contributed by atoms with Gasteiger partial charge in [0.05, 0.1) is 49.5 Å². The number of hydrogen-bond acceptors (Lipinski definition) is 10. The van der Waals surface area contributed by atoms with Crippen molar-refractivity contribution in [1.29, 1.82) is 0 Å². The Balaban J connectivity index is 1.11. The minimum atomic E-state index is -4.71. The molecule has 16 heteroatoms. The van der Waals surface area contributed by atoms with Crippen molar-refractivity contribution in [3.63, 3.8) is 0 Å². The maximum absolute atomic E-state index is 14.4. The van der Waals surface area contributed by atoms with E-state index in [1.54, 1.807) is 26.2 Å². The fourth-order valence-electron chi connectivity index (χ4n) is 18.6. The first kappa shape index (κ1) is 63.9. The van der Waals surface area contributed by atoms with Crippen LogP contribution in [-0.2, 0) is 37.7 Å². The minimum Gasteiger partial charge on any atom is -0.393 e. The van der Waals surface area contributed by atoms with Gasteiger partial charge in [0, 0.05) is 40.2 Å². The van der Waals surface area contributed by atoms with Gasteiger partial charge in [0.25, 0.3) is 0 Å². The second-order valence-corrected chi connectivity index (χ2v) is 29.1. The first-order valence-corrected chi connectivity index (χ1v) is 31.5. The monoisotopic (exact) mass is 1100 g/mol. The molecule has 1 aliphatic heterocycles. The van der Waals surface area contributed by atoms with Crippen molar-refractivity contribution in [2.45, 2.75) is 228 Å². The first-order chi connectivity index (χ1) is 35.8. The lowest BCUT2D eigenvalue weighted by Crippen LogP contribution is -2.66. The summed E-state index contributed by atoms with van der Waals surface area (Å²) in [5, 5.41) is 14.3. The summed E-state index contributed by atoms with van der Waals surface area (Å²) in [6, 6.07) is -1.91. The van der Waals surface area contributed by atoms with Crippen LogP contribution < -0.4 is 5.32 Å². The molecule has 4 N–H and O–H groups in total. The molecule has 15 nitrogen and oxygen atoms in total. The number of hydrogen-bond donors (Lipinski definition) is 4. The van der Waals surface area contributed by atoms with Crippen molar-refractivity contribution in [3.8, 4) is 0 Å². The summed E-state index contributed by atoms with van der Waals surface area (Å²) in [6.45, 7) is 29.3. The Morgan fingerprint density at radius 1 is 0.818 bits per heavy atom. The maximum atomic E-state index is 14.4. The van der Waals surface area contributed by atoms with Crippen molar-refractivity contribution in [2.75, 3.05) is 48.5 Å². The predicted molar refractivity (Wildman–Crippen MR) is 302 cm³/mol. The summed E-state index contributed by atoms with van der Waals surface area (Å²) < 4.78 is 30.0. The zero-order valence-electron chi connectivity index (χ0n) is 50.7. The van der Waals surface area contributed by atoms with E-state index in [1.165, 1.54) is 0 Å². The lowest BCUT2D eigenvalue weighted by molar-refractivity contribution is -0.249. The lowest BCUT2D eigenvalue weighted by atomic mass is 9.32. The number of ketones is 1. The molecule has 442 valence electrons. The smallest absolute Gasteiger partial charge is 0.393 e. The summed E-state index contributed by atoms with van der Waals surface area (Å²) in [4.78, 5) is 81.9. The van der Waals surface area contributed by atoms with Crippen LogP contribution in [0, 0.1) is 74.4 Å². The SMILES string of the molecule is C=C(CCCC(=O)[C@H](C)[C@@H](OC)C1CCCN1C(=O)C[C@@H](OC)[C@H](CC)N(C)C(=O)[C@@H](NC(=O)[C@H](C(C)C)N(C)C)C(C)C)[C@@H]1CC[C@]2(COP(=O)(O)O)CC[C@]3(C)C(CCC4[C@@]5(C)CC[C@H](O)C(C)(C)[C@@H]5CC[C@]43C)[C@@H]12. The number of nitrogens with zero attached hydrogens (tertiary/aromatic N) is 3. The molecular formula is C61H107N4O11P. The molecule has 3 amide bonds. The van der Waals surface area contributed by atoms with Crippen LogP contribution in [0.2, 0.25) is 0 Å². The Morgan fingerprint density at radius 2 is 1.49 bits per heavy atom. The van der Waals surface area contributed by atoms with E-state index in [2.05, 4.69) is 39.9 Å². The second kappa shape index (κ2) is 24.7. The Labute approximate surface area is 465 Å². The molecule has 6 aliphatic rings. The molecule has 0 aromatic carbocycles. The quantitative estimate of drug-likeness (QED) is 0.0529. The van der Waals surface area contributed by atoms with Gasteiger partial charge in [0.2, 0.25) is 17.7 Å². The van der Waals surface area contributed by atoms with E-state index < -0.39 is 44.1 Å². The molecule has 6 rings (SSSR count). The van der Waals surface area contributed by atoms with Gasteiger partial charge >= 0.3 is 7.82 Å². The third-order valence-electron chi connectivity index (χ3n) is 22.9. The normalized spacial score (nSPS) is 35.2. The summed E-state index contributed by atoms with van der Waals surface area (Å²) in [5.41, 5.74) is 0.840. The topological polar surface area (TPSA) is 195 Å². The van der Waals surface area contributed by atoms with E-state index in [1.807, 2.05) is 65.4 Å². The highest BCUT2D eigenvalue weighted by molar-refractivity contribution is 7.46. The van der Waals surface area contributed by atoms with E-state index in [9.17, 15) is 38.6 Å². The summed E-state index contributed by atoms with van der Waals surface area (Å²) in [5.74, 6) is 0.542. The van der Waals surface area contributed by atoms with Gasteiger partial charge < -0.3 is 39.5 Å². The Morgan fingerprint density at radius 3 is 2.08 bits per heavy atom. The molecule has 0 bridgehead atoms. The summed E-state index contributed by atoms with van der Waals surface area (Å²) in [6.07, 6.45) is 12.1. The molecule has 0 aromatic heterocycles. The zero-order chi connectivity index (χ0) is 57.5. The first-order valence-electron chi connectivity index (χ1n) is 30.0. The molecule has 5 saturated carbocycles. The van der Waals surface area contributed by atoms with Crippen LogP contribution in [0.1, 0.15) is 185 Å². The molecule has 1 heterocycles. The molecule has 6 fully saturated rings. The van der Waals surface area contributed by atoms with Gasteiger partial charge in [0.15, 0.2) is 0 Å². The number of amides is 3. The third-order valence-corrected chi connectivity index (χ3v) is 23.3. The number of methoxy groups -OCH3 is 2. The standard InChI is InChI=1S/C61H107N4O11P/c1-18-43(64(15)56(70)52(37(2)3)62-55(69)53(38(4)5)63(13)14)46(74-16)35-50(68)65-34-20-22-44(65)54(75-17)40(7)45(66)23-19-21-39(6)41-26-31-61(36-76-77(71,72)73)33-32-59(11)42(51(41)61)24-25-48-58(10)29-28-49(67)57(8,9)47(58)27-30-60(48,59)12/h37-38,40-44,46-49,51-54,67H,6,18-36H2,1-5,7-17H3,(H,62,69)(H2,71,72,73)/t40-,41-,42?,43-,44?,46+,47-,48?,49-,51+,52-,53-,54+,58-,59+,60+,61+/m0/s1. The Hall–Kier alpha value is -2.23. The number of aliphatic hydroxyl groups excluding tert-OH is 1. The molecule has 0 spiro atoms. The molecule has 5 aliphatic carbocycles. The van der Waals surface area contributed by atoms with Crippen LogP contribution in [-0.4, -0.2) is 144 Å². The van der Waals surface area contributed by atoms with Crippen LogP contribution in [0.5, 0.6) is 0 Å². The van der Waals surface area contributed by atoms with Gasteiger partial charge in [0.1, 0.15) is 11.8 Å². The molecule has 17 atom stereocenters. The van der Waals surface area contributed by atoms with Gasteiger partial charge in [-0.2, -0.15) is 0 Å². The highest BCUT2D eigenvalue weighted by atomic mass is 31.2. The Kier molecular flexibility index (Phi) is 20.5. The number of likely N-dealkylation sites (tertiary alicyclic amines) is 1. The van der Waals surface area contributed by atoms with Gasteiger partial charge in [-0.3, -0.25) is 28.6 Å². The number of carbonyl (C=O) groups excluding carboxylic acids is 4. The average molecular weight is 1100 g/mol. The van der Waals surface area contributed by atoms with E-state index in [0.29, 0.717) is 56.4 Å². The van der Waals surface area contributed by atoms with Crippen LogP contribution >= 0.6 is 7.82 Å². The van der Waals surface area contributed by atoms with E-state index in [0.717, 1.165) is 76.2 Å². The number of likely N-dealkylation sites (N-methyl/N-ethyl adjacent to an activating group) is 2. The minimum absolute atomic E-state index is 0.0116. The molecule has 0 aromatic rings. The number of aliphatic hydroxyl groups is 1. The molecule has 77 heavy (non-hydrogen) atoms. The van der Waals surface area contributed by atoms with Crippen molar-refractivity contribution in [3.05, 3.63) is 12.2 Å². The van der Waals surface area contributed by atoms with Crippen LogP contribution in [0.15, 0.2) is 12.2 Å². The Bertz CT molecular complexity index is 2140. The number of carbonyl (C=O) groups is 4. The number of phosphoric acid groups is 1. The van der Waals surface area contributed by atoms with Crippen molar-refractivity contribution < 1.29 is 52.6 Å². The van der Waals surface area contributed by atoms with Gasteiger partial charge in [-0.15, -0.1) is 0 Å². The molecule has 0 radical (unpaired) electrons. The van der Waals surface area contributed by atoms with Crippen LogP contribution in [0.4, 0.5) is 0 Å². The number of ether oxygens (including phenoxy) is 2. The van der Waals surface area contributed by atoms with Gasteiger partial charge in [-0.25, -0.2) is 4.57 Å². The average Bonchev–Trinajstić information content (AvgIpc) is 4.11. The van der Waals surface area contributed by atoms with E-state index in [4.69, 9.17) is 20.6 Å². The number of phosphoric ester groups is 1. The van der Waals surface area contributed by atoms with Crippen LogP contribution in [0.3, 0.4) is 0 Å². The van der Waals surface area contributed by atoms with Crippen LogP contribution in [0.25, 0.3) is 0 Å². The predicted octanol–water partition coefficient (Wildman–Crippen LogP) is 9.84. The second-order valence-electron chi connectivity index (χ2n) is 27.9. The number of allylic oxidation sites excluding steroid dienone is 1. The summed E-state index contributed by atoms with van der Waals surface area (Å²) in [7, 11) is 3.92. The van der Waals surface area contributed by atoms with Crippen molar-refractivity contribution >= 4 is 31.3 Å². The third kappa shape index (κ3) is 12.3. The van der Waals surface area contributed by atoms with E-state index >= 15 is 0 Å². The highest BCUT2D eigenvalue weighted by Crippen LogP contribution is 2.78. The van der Waals surface area contributed by atoms with Gasteiger partial charge in [-0.05, 0) is 179 Å². The van der Waals surface area contributed by atoms with E-state index in [-0.39, 0.29) is 99.4 Å². The molecular weight excluding hydrogens is 996 g/mol. The van der Waals surface area contributed by atoms with Crippen molar-refractivity contribution in [2.24, 2.45) is 74.4 Å². The number of Topliss-reactive ketones (excluding diaryl/α,β-unsaturated/α-hetero) is 1. The highest BCUT2D eigenvalue weighted by Gasteiger charge is 2.71. The molecule has 3 unspecified atom stereocenters. The fourth-order valence-corrected chi connectivity index (χ4v) is 19.0. The summed E-state index contributed by atoms with van der Waals surface area (Å²) >= 11 is 0. The largest absolute Gasteiger partial charge is 0.469 e. The lowest BCUT2D eigenvalue weighted by Gasteiger charge is -2.73. The zero-order valence-corrected chi connectivity index (χ0v) is 51.6. The van der Waals surface area contributed by atoms with Crippen molar-refractivity contribution in [1.82, 2.24) is 20.0 Å². The number of rotatable bonds is 24. The molecule has 1 saturated heterocycles. The van der Waals surface area contributed by atoms with Gasteiger partial charge in [-0.1, -0.05) is 88.3 Å². The number of fused-ring (bicyclic) bond motifs is 7.